The van der Waals surface area contributed by atoms with Gasteiger partial charge in [-0.25, -0.2) is 0 Å². The molecule has 1 aliphatic carbocycles. The quantitative estimate of drug-likeness (QED) is 0.924. The maximum Gasteiger partial charge on any atom is 0.323 e. The molecular weight excluding hydrogens is 282 g/mol. The lowest BCUT2D eigenvalue weighted by atomic mass is 9.92. The highest BCUT2D eigenvalue weighted by molar-refractivity contribution is 5.96. The molecule has 1 aromatic carbocycles. The average molecular weight is 303 g/mol. The van der Waals surface area contributed by atoms with Gasteiger partial charge in [0, 0.05) is 24.8 Å². The second-order valence-corrected chi connectivity index (χ2v) is 6.20. The van der Waals surface area contributed by atoms with Crippen molar-refractivity contribution in [3.8, 4) is 0 Å². The van der Waals surface area contributed by atoms with Crippen LogP contribution in [0.5, 0.6) is 0 Å². The predicted octanol–water partition coefficient (Wildman–Crippen LogP) is 2.03. The summed E-state index contributed by atoms with van der Waals surface area (Å²) in [7, 11) is 0. The second-order valence-electron chi connectivity index (χ2n) is 6.20. The highest BCUT2D eigenvalue weighted by Gasteiger charge is 2.40. The molecule has 1 N–H and O–H groups in total. The van der Waals surface area contributed by atoms with Crippen LogP contribution in [0.15, 0.2) is 30.3 Å². The number of fused-ring (bicyclic) bond motifs is 1. The van der Waals surface area contributed by atoms with Crippen LogP contribution < -0.4 is 0 Å². The summed E-state index contributed by atoms with van der Waals surface area (Å²) >= 11 is 0. The van der Waals surface area contributed by atoms with Crippen LogP contribution in [0.3, 0.4) is 0 Å². The highest BCUT2D eigenvalue weighted by atomic mass is 16.5. The van der Waals surface area contributed by atoms with E-state index in [0.717, 1.165) is 32.5 Å². The van der Waals surface area contributed by atoms with E-state index in [9.17, 15) is 14.7 Å². The summed E-state index contributed by atoms with van der Waals surface area (Å²) in [4.78, 5) is 25.4. The zero-order valence-electron chi connectivity index (χ0n) is 12.5. The molecule has 1 aliphatic heterocycles. The average Bonchev–Trinajstić information content (AvgIpc) is 2.96. The van der Waals surface area contributed by atoms with Crippen LogP contribution in [0.2, 0.25) is 0 Å². The minimum Gasteiger partial charge on any atom is -0.480 e. The van der Waals surface area contributed by atoms with Crippen molar-refractivity contribution in [2.75, 3.05) is 19.8 Å². The number of ether oxygens (including phenoxy) is 1. The van der Waals surface area contributed by atoms with Crippen molar-refractivity contribution in [2.45, 2.75) is 25.3 Å². The summed E-state index contributed by atoms with van der Waals surface area (Å²) in [5.74, 6) is -0.139. The second kappa shape index (κ2) is 6.48. The fourth-order valence-corrected chi connectivity index (χ4v) is 3.72. The molecule has 3 rings (SSSR count). The van der Waals surface area contributed by atoms with E-state index in [2.05, 4.69) is 0 Å². The van der Waals surface area contributed by atoms with Gasteiger partial charge in [0.1, 0.15) is 6.54 Å². The summed E-state index contributed by atoms with van der Waals surface area (Å²) in [6.45, 7) is 1.28. The molecular formula is C17H21NO4. The Labute approximate surface area is 129 Å². The largest absolute Gasteiger partial charge is 0.480 e. The first-order valence-corrected chi connectivity index (χ1v) is 7.80. The van der Waals surface area contributed by atoms with Gasteiger partial charge in [-0.05, 0) is 43.2 Å². The van der Waals surface area contributed by atoms with Crippen LogP contribution in [0.25, 0.3) is 0 Å². The van der Waals surface area contributed by atoms with Crippen LogP contribution in [0, 0.1) is 11.8 Å². The molecule has 1 saturated carbocycles. The van der Waals surface area contributed by atoms with Gasteiger partial charge in [-0.1, -0.05) is 18.2 Å². The van der Waals surface area contributed by atoms with E-state index in [1.165, 1.54) is 4.90 Å². The molecule has 22 heavy (non-hydrogen) atoms. The van der Waals surface area contributed by atoms with Gasteiger partial charge in [0.15, 0.2) is 0 Å². The molecule has 2 fully saturated rings. The topological polar surface area (TPSA) is 66.8 Å². The van der Waals surface area contributed by atoms with E-state index in [0.29, 0.717) is 17.4 Å². The molecule has 0 aromatic heterocycles. The molecule has 0 bridgehead atoms. The Morgan fingerprint density at radius 3 is 2.59 bits per heavy atom. The van der Waals surface area contributed by atoms with E-state index in [1.807, 2.05) is 6.07 Å². The molecule has 3 atom stereocenters. The van der Waals surface area contributed by atoms with Crippen LogP contribution in [0.1, 0.15) is 29.6 Å². The number of carbonyl (C=O) groups is 2. The number of nitrogens with zero attached hydrogens (tertiary/aromatic N) is 1. The molecule has 5 heteroatoms. The Morgan fingerprint density at radius 1 is 1.18 bits per heavy atom. The van der Waals surface area contributed by atoms with Gasteiger partial charge >= 0.3 is 5.97 Å². The summed E-state index contributed by atoms with van der Waals surface area (Å²) in [5, 5.41) is 9.18. The number of amides is 1. The SMILES string of the molecule is O=C(O)CN(C(=O)c1ccccc1)[C@H]1C[C@H]2CCOC[C@H]2C1. The molecule has 5 nitrogen and oxygen atoms in total. The predicted molar refractivity (Wildman–Crippen MR) is 80.6 cm³/mol. The minimum atomic E-state index is -0.963. The Bertz CT molecular complexity index is 531. The lowest BCUT2D eigenvalue weighted by Crippen LogP contribution is -2.42. The molecule has 1 saturated heterocycles. The minimum absolute atomic E-state index is 0.000469. The lowest BCUT2D eigenvalue weighted by molar-refractivity contribution is -0.138. The van der Waals surface area contributed by atoms with E-state index < -0.39 is 5.97 Å². The number of carbonyl (C=O) groups excluding carboxylic acids is 1. The van der Waals surface area contributed by atoms with Crippen molar-refractivity contribution in [2.24, 2.45) is 11.8 Å². The summed E-state index contributed by atoms with van der Waals surface area (Å²) in [5.41, 5.74) is 0.551. The van der Waals surface area contributed by atoms with Gasteiger partial charge in [-0.2, -0.15) is 0 Å². The van der Waals surface area contributed by atoms with Crippen LogP contribution >= 0.6 is 0 Å². The maximum absolute atomic E-state index is 12.7. The number of hydrogen-bond acceptors (Lipinski definition) is 3. The normalized spacial score (nSPS) is 27.2. The van der Waals surface area contributed by atoms with E-state index in [-0.39, 0.29) is 18.5 Å². The van der Waals surface area contributed by atoms with Crippen molar-refractivity contribution in [3.63, 3.8) is 0 Å². The first-order valence-electron chi connectivity index (χ1n) is 7.80. The first kappa shape index (κ1) is 15.0. The van der Waals surface area contributed by atoms with Crippen molar-refractivity contribution in [1.82, 2.24) is 4.90 Å². The van der Waals surface area contributed by atoms with Crippen molar-refractivity contribution in [3.05, 3.63) is 35.9 Å². The maximum atomic E-state index is 12.7. The third-order valence-electron chi connectivity index (χ3n) is 4.81. The number of hydrogen-bond donors (Lipinski definition) is 1. The van der Waals surface area contributed by atoms with Gasteiger partial charge in [0.05, 0.1) is 0 Å². The zero-order valence-corrected chi connectivity index (χ0v) is 12.5. The summed E-state index contributed by atoms with van der Waals surface area (Å²) < 4.78 is 5.52. The molecule has 0 unspecified atom stereocenters. The Kier molecular flexibility index (Phi) is 4.43. The van der Waals surface area contributed by atoms with Gasteiger partial charge in [-0.15, -0.1) is 0 Å². The molecule has 1 aromatic rings. The number of benzene rings is 1. The third-order valence-corrected chi connectivity index (χ3v) is 4.81. The molecule has 0 spiro atoms. The van der Waals surface area contributed by atoms with Gasteiger partial charge in [0.2, 0.25) is 0 Å². The van der Waals surface area contributed by atoms with Crippen molar-refractivity contribution < 1.29 is 19.4 Å². The van der Waals surface area contributed by atoms with Crippen LogP contribution in [0.4, 0.5) is 0 Å². The molecule has 2 aliphatic rings. The molecule has 1 heterocycles. The fourth-order valence-electron chi connectivity index (χ4n) is 3.72. The molecule has 1 amide bonds. The van der Waals surface area contributed by atoms with Crippen LogP contribution in [-0.4, -0.2) is 47.7 Å². The van der Waals surface area contributed by atoms with Gasteiger partial charge in [-0.3, -0.25) is 9.59 Å². The number of carboxylic acid groups (broad SMARTS) is 1. The van der Waals surface area contributed by atoms with Gasteiger partial charge in [0.25, 0.3) is 5.91 Å². The smallest absolute Gasteiger partial charge is 0.323 e. The van der Waals surface area contributed by atoms with E-state index in [4.69, 9.17) is 4.74 Å². The van der Waals surface area contributed by atoms with Crippen molar-refractivity contribution in [1.29, 1.82) is 0 Å². The standard InChI is InChI=1S/C17H21NO4/c19-16(20)10-18(17(21)12-4-2-1-3-5-12)15-8-13-6-7-22-11-14(13)9-15/h1-5,13-15H,6-11H2,(H,19,20)/t13-,14-,15+/m1/s1. The Balaban J connectivity index is 1.78. The van der Waals surface area contributed by atoms with E-state index in [1.54, 1.807) is 24.3 Å². The Morgan fingerprint density at radius 2 is 1.91 bits per heavy atom. The first-order chi connectivity index (χ1) is 10.6. The number of carboxylic acids is 1. The van der Waals surface area contributed by atoms with Crippen LogP contribution in [-0.2, 0) is 9.53 Å². The molecule has 0 radical (unpaired) electrons. The van der Waals surface area contributed by atoms with Gasteiger partial charge < -0.3 is 14.7 Å². The summed E-state index contributed by atoms with van der Waals surface area (Å²) in [6.07, 6.45) is 2.75. The zero-order chi connectivity index (χ0) is 15.5. The monoisotopic (exact) mass is 303 g/mol. The third kappa shape index (κ3) is 3.14. The number of rotatable bonds is 4. The Hall–Kier alpha value is -1.88. The highest BCUT2D eigenvalue weighted by Crippen LogP contribution is 2.39. The lowest BCUT2D eigenvalue weighted by Gasteiger charge is -2.28. The van der Waals surface area contributed by atoms with Crippen molar-refractivity contribution >= 4 is 11.9 Å². The fraction of sp³-hybridized carbons (Fsp3) is 0.529. The number of aliphatic carboxylic acids is 1. The molecule has 118 valence electrons. The summed E-state index contributed by atoms with van der Waals surface area (Å²) in [6, 6.07) is 8.92. The van der Waals surface area contributed by atoms with E-state index >= 15 is 0 Å².